The summed E-state index contributed by atoms with van der Waals surface area (Å²) in [7, 11) is 0. The van der Waals surface area contributed by atoms with Crippen molar-refractivity contribution in [2.75, 3.05) is 0 Å². The fraction of sp³-hybridized carbons (Fsp3) is 0.200. The van der Waals surface area contributed by atoms with Gasteiger partial charge in [-0.1, -0.05) is 121 Å². The normalized spacial score (nSPS) is 13.8. The predicted octanol–water partition coefficient (Wildman–Crippen LogP) is 5.68. The van der Waals surface area contributed by atoms with E-state index >= 15 is 0 Å². The fourth-order valence-electron chi connectivity index (χ4n) is 3.67. The first-order chi connectivity index (χ1) is 16.5. The Balaban J connectivity index is 0.000000240. The third-order valence-electron chi connectivity index (χ3n) is 5.63. The van der Waals surface area contributed by atoms with E-state index in [1.54, 1.807) is 0 Å². The van der Waals surface area contributed by atoms with Gasteiger partial charge in [-0.05, 0) is 22.3 Å². The van der Waals surface area contributed by atoms with E-state index in [-0.39, 0.29) is 19.5 Å². The van der Waals surface area contributed by atoms with Gasteiger partial charge in [0.15, 0.2) is 0 Å². The molecule has 0 bridgehead atoms. The first-order valence-corrected chi connectivity index (χ1v) is 11.5. The first-order valence-electron chi connectivity index (χ1n) is 11.5. The van der Waals surface area contributed by atoms with Crippen molar-refractivity contribution in [3.05, 3.63) is 144 Å². The zero-order valence-corrected chi connectivity index (χ0v) is 22.7. The van der Waals surface area contributed by atoms with Gasteiger partial charge in [0, 0.05) is 32.3 Å². The third kappa shape index (κ3) is 9.48. The van der Waals surface area contributed by atoms with Gasteiger partial charge in [-0.15, -0.1) is 0 Å². The fourth-order valence-corrected chi connectivity index (χ4v) is 3.67. The van der Waals surface area contributed by atoms with Crippen molar-refractivity contribution >= 4 is 0 Å². The molecule has 4 N–H and O–H groups in total. The third-order valence-corrected chi connectivity index (χ3v) is 5.63. The molecule has 0 aliphatic rings. The molecule has 4 rings (SSSR count). The number of benzene rings is 4. The summed E-state index contributed by atoms with van der Waals surface area (Å²) in [5.74, 6) is 0. The van der Waals surface area contributed by atoms with E-state index in [4.69, 9.17) is 0 Å². The minimum atomic E-state index is -0.633. The summed E-state index contributed by atoms with van der Waals surface area (Å²) in [5.41, 5.74) is 3.34. The van der Waals surface area contributed by atoms with E-state index in [1.165, 1.54) is 0 Å². The second-order valence-corrected chi connectivity index (χ2v) is 8.18. The Kier molecular flexibility index (Phi) is 12.5. The Labute approximate surface area is 220 Å². The molecule has 35 heavy (non-hydrogen) atoms. The summed E-state index contributed by atoms with van der Waals surface area (Å²) < 4.78 is 0. The van der Waals surface area contributed by atoms with Crippen LogP contribution in [0.5, 0.6) is 0 Å². The van der Waals surface area contributed by atoms with Crippen LogP contribution in [-0.4, -0.2) is 20.4 Å². The van der Waals surface area contributed by atoms with Crippen molar-refractivity contribution in [2.24, 2.45) is 0 Å². The standard InChI is InChI=1S/2C15H16O2.Zn/c2*16-14(12-7-3-1-4-8-12)11-15(17)13-9-5-2-6-10-13;/h2*1-10,14-17H,11H2;. The van der Waals surface area contributed by atoms with Gasteiger partial charge in [0.2, 0.25) is 0 Å². The molecule has 4 atom stereocenters. The van der Waals surface area contributed by atoms with Crippen LogP contribution < -0.4 is 0 Å². The van der Waals surface area contributed by atoms with Crippen LogP contribution >= 0.6 is 0 Å². The van der Waals surface area contributed by atoms with Crippen LogP contribution in [0.1, 0.15) is 59.5 Å². The average Bonchev–Trinajstić information content (AvgIpc) is 2.91. The Morgan fingerprint density at radius 1 is 0.343 bits per heavy atom. The monoisotopic (exact) mass is 520 g/mol. The van der Waals surface area contributed by atoms with E-state index in [9.17, 15) is 20.4 Å². The smallest absolute Gasteiger partial charge is 0.0818 e. The molecule has 5 heteroatoms. The van der Waals surface area contributed by atoms with Gasteiger partial charge in [0.1, 0.15) is 0 Å². The van der Waals surface area contributed by atoms with Crippen molar-refractivity contribution < 1.29 is 39.9 Å². The van der Waals surface area contributed by atoms with Crippen molar-refractivity contribution in [3.8, 4) is 0 Å². The Bertz CT molecular complexity index is 887. The molecule has 0 aliphatic heterocycles. The molecule has 4 unspecified atom stereocenters. The van der Waals surface area contributed by atoms with Gasteiger partial charge in [-0.25, -0.2) is 0 Å². The van der Waals surface area contributed by atoms with Gasteiger partial charge >= 0.3 is 0 Å². The van der Waals surface area contributed by atoms with Crippen LogP contribution in [0.25, 0.3) is 0 Å². The zero-order valence-electron chi connectivity index (χ0n) is 19.8. The van der Waals surface area contributed by atoms with Gasteiger partial charge < -0.3 is 20.4 Å². The molecule has 178 valence electrons. The van der Waals surface area contributed by atoms with Gasteiger partial charge in [0.05, 0.1) is 24.4 Å². The van der Waals surface area contributed by atoms with Crippen LogP contribution in [0.4, 0.5) is 0 Å². The minimum absolute atomic E-state index is 0. The minimum Gasteiger partial charge on any atom is -0.388 e. The van der Waals surface area contributed by atoms with E-state index in [2.05, 4.69) is 0 Å². The predicted molar refractivity (Wildman–Crippen MR) is 135 cm³/mol. The maximum atomic E-state index is 9.99. The largest absolute Gasteiger partial charge is 0.388 e. The Morgan fingerprint density at radius 2 is 0.514 bits per heavy atom. The summed E-state index contributed by atoms with van der Waals surface area (Å²) in [6.07, 6.45) is -1.90. The molecule has 4 nitrogen and oxygen atoms in total. The molecule has 0 saturated carbocycles. The number of hydrogen-bond acceptors (Lipinski definition) is 4. The molecule has 0 aliphatic carbocycles. The molecule has 0 fully saturated rings. The number of rotatable bonds is 8. The Morgan fingerprint density at radius 3 is 0.686 bits per heavy atom. The second-order valence-electron chi connectivity index (χ2n) is 8.18. The topological polar surface area (TPSA) is 80.9 Å². The van der Waals surface area contributed by atoms with Gasteiger partial charge in [-0.3, -0.25) is 0 Å². The summed E-state index contributed by atoms with van der Waals surface area (Å²) >= 11 is 0. The molecular weight excluding hydrogens is 490 g/mol. The van der Waals surface area contributed by atoms with Crippen LogP contribution in [0.2, 0.25) is 0 Å². The molecule has 4 aromatic carbocycles. The van der Waals surface area contributed by atoms with E-state index in [1.807, 2.05) is 121 Å². The molecule has 4 aromatic rings. The van der Waals surface area contributed by atoms with Crippen molar-refractivity contribution in [3.63, 3.8) is 0 Å². The average molecular weight is 522 g/mol. The van der Waals surface area contributed by atoms with Gasteiger partial charge in [-0.2, -0.15) is 0 Å². The Hall–Kier alpha value is -2.66. The maximum absolute atomic E-state index is 9.99. The quantitative estimate of drug-likeness (QED) is 0.225. The SMILES string of the molecule is OC(CC(O)c1ccccc1)c1ccccc1.OC(CC(O)c1ccccc1)c1ccccc1.[Zn]. The number of aliphatic hydroxyl groups is 4. The number of aliphatic hydroxyl groups excluding tert-OH is 4. The van der Waals surface area contributed by atoms with Crippen LogP contribution in [0, 0.1) is 0 Å². The zero-order chi connectivity index (χ0) is 24.2. The number of hydrogen-bond donors (Lipinski definition) is 4. The molecule has 0 amide bonds. The molecule has 0 radical (unpaired) electrons. The molecular formula is C30H32O4Zn. The summed E-state index contributed by atoms with van der Waals surface area (Å²) in [5, 5.41) is 40.0. The van der Waals surface area contributed by atoms with Crippen LogP contribution in [-0.2, 0) is 19.5 Å². The molecule has 0 saturated heterocycles. The van der Waals surface area contributed by atoms with E-state index < -0.39 is 24.4 Å². The van der Waals surface area contributed by atoms with E-state index in [0.29, 0.717) is 12.8 Å². The van der Waals surface area contributed by atoms with Crippen molar-refractivity contribution in [1.82, 2.24) is 0 Å². The first kappa shape index (κ1) is 28.6. The molecule has 0 spiro atoms. The van der Waals surface area contributed by atoms with Crippen LogP contribution in [0.3, 0.4) is 0 Å². The van der Waals surface area contributed by atoms with Crippen molar-refractivity contribution in [1.29, 1.82) is 0 Å². The summed E-state index contributed by atoms with van der Waals surface area (Å²) in [4.78, 5) is 0. The molecule has 0 aromatic heterocycles. The summed E-state index contributed by atoms with van der Waals surface area (Å²) in [6.45, 7) is 0. The maximum Gasteiger partial charge on any atom is 0.0818 e. The second kappa shape index (κ2) is 15.4. The van der Waals surface area contributed by atoms with Crippen LogP contribution in [0.15, 0.2) is 121 Å². The van der Waals surface area contributed by atoms with Crippen molar-refractivity contribution in [2.45, 2.75) is 37.3 Å². The van der Waals surface area contributed by atoms with E-state index in [0.717, 1.165) is 22.3 Å². The molecule has 0 heterocycles. The van der Waals surface area contributed by atoms with Gasteiger partial charge in [0.25, 0.3) is 0 Å². The summed E-state index contributed by atoms with van der Waals surface area (Å²) in [6, 6.07) is 37.6.